The van der Waals surface area contributed by atoms with Gasteiger partial charge in [-0.1, -0.05) is 25.0 Å². The quantitative estimate of drug-likeness (QED) is 0.797. The smallest absolute Gasteiger partial charge is 0.255 e. The first-order valence-corrected chi connectivity index (χ1v) is 7.76. The third-order valence-corrected chi connectivity index (χ3v) is 5.33. The van der Waals surface area contributed by atoms with Crippen molar-refractivity contribution >= 4 is 11.6 Å². The molecule has 2 N–H and O–H groups in total. The van der Waals surface area contributed by atoms with Crippen LogP contribution in [0.15, 0.2) is 18.2 Å². The Morgan fingerprint density at radius 1 is 1.15 bits per heavy atom. The Balaban J connectivity index is 1.71. The normalized spacial score (nSPS) is 21.4. The van der Waals surface area contributed by atoms with Gasteiger partial charge in [0.2, 0.25) is 0 Å². The monoisotopic (exact) mass is 272 g/mol. The number of benzene rings is 1. The van der Waals surface area contributed by atoms with Gasteiger partial charge in [0.15, 0.2) is 0 Å². The number of hydrogen-bond donors (Lipinski definition) is 1. The summed E-state index contributed by atoms with van der Waals surface area (Å²) >= 11 is 0. The lowest BCUT2D eigenvalue weighted by atomic mass is 9.77. The van der Waals surface area contributed by atoms with Gasteiger partial charge in [-0.15, -0.1) is 0 Å². The Morgan fingerprint density at radius 2 is 1.80 bits per heavy atom. The average molecular weight is 272 g/mol. The summed E-state index contributed by atoms with van der Waals surface area (Å²) in [6, 6.07) is 5.72. The van der Waals surface area contributed by atoms with Gasteiger partial charge in [-0.05, 0) is 49.7 Å². The summed E-state index contributed by atoms with van der Waals surface area (Å²) in [5.74, 6) is 0.110. The second kappa shape index (κ2) is 5.12. The Morgan fingerprint density at radius 3 is 2.45 bits per heavy atom. The van der Waals surface area contributed by atoms with E-state index in [1.54, 1.807) is 0 Å². The first-order chi connectivity index (χ1) is 9.61. The van der Waals surface area contributed by atoms with Gasteiger partial charge >= 0.3 is 0 Å². The summed E-state index contributed by atoms with van der Waals surface area (Å²) in [4.78, 5) is 14.6. The molecule has 0 aromatic heterocycles. The second-order valence-electron chi connectivity index (χ2n) is 6.54. The van der Waals surface area contributed by atoms with E-state index in [2.05, 4.69) is 0 Å². The van der Waals surface area contributed by atoms with Crippen LogP contribution in [0.4, 0.5) is 5.69 Å². The van der Waals surface area contributed by atoms with Crippen molar-refractivity contribution in [2.75, 3.05) is 18.8 Å². The number of anilines is 1. The summed E-state index contributed by atoms with van der Waals surface area (Å²) in [5.41, 5.74) is 8.91. The molecule has 1 heterocycles. The van der Waals surface area contributed by atoms with Crippen LogP contribution in [-0.2, 0) is 0 Å². The molecule has 0 radical (unpaired) electrons. The van der Waals surface area contributed by atoms with E-state index in [4.69, 9.17) is 5.73 Å². The van der Waals surface area contributed by atoms with Gasteiger partial charge in [0.25, 0.3) is 5.91 Å². The van der Waals surface area contributed by atoms with Crippen LogP contribution >= 0.6 is 0 Å². The number of nitrogen functional groups attached to an aromatic ring is 1. The number of hydrogen-bond acceptors (Lipinski definition) is 2. The van der Waals surface area contributed by atoms with E-state index in [0.29, 0.717) is 16.7 Å². The van der Waals surface area contributed by atoms with Gasteiger partial charge in [-0.2, -0.15) is 0 Å². The number of nitrogens with zero attached hydrogens (tertiary/aromatic N) is 1. The number of likely N-dealkylation sites (tertiary alicyclic amines) is 1. The van der Waals surface area contributed by atoms with Crippen LogP contribution in [0.2, 0.25) is 0 Å². The summed E-state index contributed by atoms with van der Waals surface area (Å²) in [6.07, 6.45) is 7.82. The van der Waals surface area contributed by atoms with E-state index in [-0.39, 0.29) is 5.91 Å². The standard InChI is InChI=1S/C17H24N2O/c1-13-5-4-6-14(15(13)18)16(20)19-11-9-17(10-12-19)7-2-3-8-17/h4-6H,2-3,7-12,18H2,1H3. The zero-order valence-electron chi connectivity index (χ0n) is 12.3. The molecule has 1 amide bonds. The van der Waals surface area contributed by atoms with Crippen molar-refractivity contribution in [1.29, 1.82) is 0 Å². The number of amides is 1. The largest absolute Gasteiger partial charge is 0.398 e. The lowest BCUT2D eigenvalue weighted by Gasteiger charge is -2.39. The molecule has 0 atom stereocenters. The highest BCUT2D eigenvalue weighted by Crippen LogP contribution is 2.46. The van der Waals surface area contributed by atoms with Crippen LogP contribution in [0.25, 0.3) is 0 Å². The van der Waals surface area contributed by atoms with Gasteiger partial charge in [-0.3, -0.25) is 4.79 Å². The minimum Gasteiger partial charge on any atom is -0.398 e. The van der Waals surface area contributed by atoms with Crippen LogP contribution in [0, 0.1) is 12.3 Å². The molecule has 108 valence electrons. The first kappa shape index (κ1) is 13.5. The molecular weight excluding hydrogens is 248 g/mol. The van der Waals surface area contributed by atoms with Crippen molar-refractivity contribution in [3.63, 3.8) is 0 Å². The summed E-state index contributed by atoms with van der Waals surface area (Å²) < 4.78 is 0. The van der Waals surface area contributed by atoms with Crippen molar-refractivity contribution in [3.8, 4) is 0 Å². The number of para-hydroxylation sites is 1. The number of nitrogens with two attached hydrogens (primary N) is 1. The average Bonchev–Trinajstić information content (AvgIpc) is 2.90. The predicted molar refractivity (Wildman–Crippen MR) is 81.6 cm³/mol. The minimum absolute atomic E-state index is 0.110. The number of aryl methyl sites for hydroxylation is 1. The minimum atomic E-state index is 0.110. The van der Waals surface area contributed by atoms with Crippen LogP contribution in [0.3, 0.4) is 0 Å². The van der Waals surface area contributed by atoms with Crippen LogP contribution in [-0.4, -0.2) is 23.9 Å². The number of carbonyl (C=O) groups is 1. The number of rotatable bonds is 1. The lowest BCUT2D eigenvalue weighted by molar-refractivity contribution is 0.0588. The molecule has 3 heteroatoms. The van der Waals surface area contributed by atoms with Crippen molar-refractivity contribution in [1.82, 2.24) is 4.90 Å². The molecular formula is C17H24N2O. The Labute approximate surface area is 121 Å². The molecule has 0 unspecified atom stereocenters. The van der Waals surface area contributed by atoms with Crippen LogP contribution in [0.1, 0.15) is 54.4 Å². The van der Waals surface area contributed by atoms with Gasteiger partial charge in [0.05, 0.1) is 5.56 Å². The molecule has 0 bridgehead atoms. The summed E-state index contributed by atoms with van der Waals surface area (Å²) in [7, 11) is 0. The van der Waals surface area contributed by atoms with Crippen LogP contribution < -0.4 is 5.73 Å². The van der Waals surface area contributed by atoms with Gasteiger partial charge < -0.3 is 10.6 Å². The molecule has 1 aromatic rings. The molecule has 3 nitrogen and oxygen atoms in total. The molecule has 1 aliphatic heterocycles. The highest BCUT2D eigenvalue weighted by molar-refractivity contribution is 5.99. The summed E-state index contributed by atoms with van der Waals surface area (Å²) in [6.45, 7) is 3.74. The molecule has 1 saturated carbocycles. The third-order valence-electron chi connectivity index (χ3n) is 5.33. The number of carbonyl (C=O) groups excluding carboxylic acids is 1. The van der Waals surface area contributed by atoms with E-state index < -0.39 is 0 Å². The number of piperidine rings is 1. The van der Waals surface area contributed by atoms with Crippen molar-refractivity contribution in [2.45, 2.75) is 45.4 Å². The van der Waals surface area contributed by atoms with E-state index in [1.807, 2.05) is 30.0 Å². The van der Waals surface area contributed by atoms with Gasteiger partial charge in [0.1, 0.15) is 0 Å². The molecule has 2 fully saturated rings. The van der Waals surface area contributed by atoms with Crippen molar-refractivity contribution < 1.29 is 4.79 Å². The van der Waals surface area contributed by atoms with Gasteiger partial charge in [-0.25, -0.2) is 0 Å². The maximum absolute atomic E-state index is 12.6. The second-order valence-corrected chi connectivity index (χ2v) is 6.54. The molecule has 1 saturated heterocycles. The fraction of sp³-hybridized carbons (Fsp3) is 0.588. The molecule has 1 spiro atoms. The van der Waals surface area contributed by atoms with E-state index in [1.165, 1.54) is 38.5 Å². The van der Waals surface area contributed by atoms with Crippen LogP contribution in [0.5, 0.6) is 0 Å². The Kier molecular flexibility index (Phi) is 3.45. The molecule has 3 rings (SSSR count). The highest BCUT2D eigenvalue weighted by atomic mass is 16.2. The molecule has 1 aliphatic carbocycles. The molecule has 2 aliphatic rings. The maximum atomic E-state index is 12.6. The zero-order valence-corrected chi connectivity index (χ0v) is 12.3. The highest BCUT2D eigenvalue weighted by Gasteiger charge is 2.38. The fourth-order valence-electron chi connectivity index (χ4n) is 3.85. The fourth-order valence-corrected chi connectivity index (χ4v) is 3.85. The zero-order chi connectivity index (χ0) is 14.2. The summed E-state index contributed by atoms with van der Waals surface area (Å²) in [5, 5.41) is 0. The van der Waals surface area contributed by atoms with Crippen molar-refractivity contribution in [3.05, 3.63) is 29.3 Å². The first-order valence-electron chi connectivity index (χ1n) is 7.76. The predicted octanol–water partition coefficient (Wildman–Crippen LogP) is 3.37. The molecule has 1 aromatic carbocycles. The third kappa shape index (κ3) is 2.30. The van der Waals surface area contributed by atoms with E-state index in [0.717, 1.165) is 18.7 Å². The topological polar surface area (TPSA) is 46.3 Å². The Hall–Kier alpha value is -1.51. The van der Waals surface area contributed by atoms with E-state index in [9.17, 15) is 4.79 Å². The SMILES string of the molecule is Cc1cccc(C(=O)N2CCC3(CCCC3)CC2)c1N. The lowest BCUT2D eigenvalue weighted by Crippen LogP contribution is -2.42. The maximum Gasteiger partial charge on any atom is 0.255 e. The van der Waals surface area contributed by atoms with Crippen molar-refractivity contribution in [2.24, 2.45) is 5.41 Å². The van der Waals surface area contributed by atoms with E-state index >= 15 is 0 Å². The molecule has 20 heavy (non-hydrogen) atoms. The Bertz CT molecular complexity index is 508. The van der Waals surface area contributed by atoms with Gasteiger partial charge in [0, 0.05) is 18.8 Å².